The molecular formula is C14H16N6O. The highest BCUT2D eigenvalue weighted by Gasteiger charge is 2.29. The average Bonchev–Trinajstić information content (AvgIpc) is 3.06. The summed E-state index contributed by atoms with van der Waals surface area (Å²) in [5.74, 6) is 2.98. The zero-order chi connectivity index (χ0) is 14.2. The van der Waals surface area contributed by atoms with Gasteiger partial charge in [-0.3, -0.25) is 0 Å². The van der Waals surface area contributed by atoms with E-state index >= 15 is 0 Å². The zero-order valence-electron chi connectivity index (χ0n) is 11.8. The molecule has 7 heteroatoms. The van der Waals surface area contributed by atoms with Gasteiger partial charge in [-0.1, -0.05) is 5.16 Å². The zero-order valence-corrected chi connectivity index (χ0v) is 11.8. The number of likely N-dealkylation sites (N-methyl/N-ethyl adjacent to an activating group) is 1. The minimum absolute atomic E-state index is 0.505. The molecule has 1 N–H and O–H groups in total. The minimum atomic E-state index is 0.505. The Morgan fingerprint density at radius 2 is 2.29 bits per heavy atom. The quantitative estimate of drug-likeness (QED) is 0.770. The monoisotopic (exact) mass is 284 g/mol. The summed E-state index contributed by atoms with van der Waals surface area (Å²) in [6, 6.07) is 1.99. The maximum atomic E-state index is 5.27. The van der Waals surface area contributed by atoms with Crippen LogP contribution in [0.15, 0.2) is 23.1 Å². The lowest BCUT2D eigenvalue weighted by Crippen LogP contribution is -2.22. The topological polar surface area (TPSA) is 83.7 Å². The smallest absolute Gasteiger partial charge is 0.229 e. The Bertz CT molecular complexity index is 760. The van der Waals surface area contributed by atoms with Crippen molar-refractivity contribution in [1.82, 2.24) is 25.1 Å². The van der Waals surface area contributed by atoms with Gasteiger partial charge < -0.3 is 14.4 Å². The summed E-state index contributed by atoms with van der Waals surface area (Å²) in [7, 11) is 2.01. The maximum Gasteiger partial charge on any atom is 0.229 e. The van der Waals surface area contributed by atoms with Crippen molar-refractivity contribution in [2.75, 3.05) is 18.5 Å². The van der Waals surface area contributed by atoms with E-state index in [1.54, 1.807) is 6.33 Å². The van der Waals surface area contributed by atoms with Crippen LogP contribution in [0.1, 0.15) is 30.5 Å². The van der Waals surface area contributed by atoms with E-state index in [-0.39, 0.29) is 0 Å². The molecule has 3 heterocycles. The predicted molar refractivity (Wildman–Crippen MR) is 77.1 cm³/mol. The van der Waals surface area contributed by atoms with Crippen LogP contribution in [0.3, 0.4) is 0 Å². The Hall–Kier alpha value is -2.44. The fourth-order valence-corrected chi connectivity index (χ4v) is 2.40. The molecule has 1 aliphatic rings. The van der Waals surface area contributed by atoms with Crippen molar-refractivity contribution in [2.45, 2.75) is 25.2 Å². The van der Waals surface area contributed by atoms with Crippen molar-refractivity contribution in [1.29, 1.82) is 0 Å². The van der Waals surface area contributed by atoms with Gasteiger partial charge >= 0.3 is 0 Å². The van der Waals surface area contributed by atoms with E-state index in [0.29, 0.717) is 5.92 Å². The molecule has 3 aromatic rings. The van der Waals surface area contributed by atoms with Gasteiger partial charge in [-0.2, -0.15) is 4.98 Å². The van der Waals surface area contributed by atoms with Crippen molar-refractivity contribution in [3.63, 3.8) is 0 Å². The highest BCUT2D eigenvalue weighted by Crippen LogP contribution is 2.38. The van der Waals surface area contributed by atoms with Crippen LogP contribution < -0.4 is 4.90 Å². The number of nitrogens with zero attached hydrogens (tertiary/aromatic N) is 5. The Balaban J connectivity index is 1.47. The van der Waals surface area contributed by atoms with Gasteiger partial charge in [0.2, 0.25) is 5.89 Å². The maximum absolute atomic E-state index is 5.27. The van der Waals surface area contributed by atoms with Gasteiger partial charge in [-0.05, 0) is 18.9 Å². The molecular weight excluding hydrogens is 268 g/mol. The number of anilines is 1. The molecule has 3 aromatic heterocycles. The Morgan fingerprint density at radius 3 is 3.14 bits per heavy atom. The van der Waals surface area contributed by atoms with Crippen molar-refractivity contribution in [3.8, 4) is 0 Å². The van der Waals surface area contributed by atoms with Crippen molar-refractivity contribution in [3.05, 3.63) is 30.3 Å². The molecule has 1 saturated carbocycles. The van der Waals surface area contributed by atoms with Crippen LogP contribution in [0.5, 0.6) is 0 Å². The third kappa shape index (κ3) is 2.35. The number of nitrogens with one attached hydrogen (secondary N) is 1. The Kier molecular flexibility index (Phi) is 2.83. The molecule has 0 radical (unpaired) electrons. The van der Waals surface area contributed by atoms with E-state index in [1.807, 2.05) is 19.3 Å². The molecule has 0 spiro atoms. The lowest BCUT2D eigenvalue weighted by molar-refractivity contribution is 0.374. The van der Waals surface area contributed by atoms with Crippen molar-refractivity contribution >= 4 is 16.9 Å². The minimum Gasteiger partial charge on any atom is -0.359 e. The summed E-state index contributed by atoms with van der Waals surface area (Å²) >= 11 is 0. The SMILES string of the molecule is CN(CCc1noc(C2CC2)n1)c1ncnc2[nH]ccc12. The van der Waals surface area contributed by atoms with E-state index in [9.17, 15) is 0 Å². The second-order valence-electron chi connectivity index (χ2n) is 5.43. The summed E-state index contributed by atoms with van der Waals surface area (Å²) in [5.41, 5.74) is 0.849. The van der Waals surface area contributed by atoms with Gasteiger partial charge in [0.1, 0.15) is 17.8 Å². The molecule has 21 heavy (non-hydrogen) atoms. The summed E-state index contributed by atoms with van der Waals surface area (Å²) < 4.78 is 5.27. The average molecular weight is 284 g/mol. The molecule has 0 bridgehead atoms. The largest absolute Gasteiger partial charge is 0.359 e. The molecule has 0 unspecified atom stereocenters. The van der Waals surface area contributed by atoms with E-state index in [4.69, 9.17) is 4.52 Å². The summed E-state index contributed by atoms with van der Waals surface area (Å²) in [4.78, 5) is 18.2. The van der Waals surface area contributed by atoms with Gasteiger partial charge in [0, 0.05) is 32.1 Å². The molecule has 108 valence electrons. The van der Waals surface area contributed by atoms with Crippen LogP contribution in [0.4, 0.5) is 5.82 Å². The molecule has 7 nitrogen and oxygen atoms in total. The number of hydrogen-bond acceptors (Lipinski definition) is 6. The molecule has 0 saturated heterocycles. The first kappa shape index (κ1) is 12.3. The summed E-state index contributed by atoms with van der Waals surface area (Å²) in [6.07, 6.45) is 6.53. The summed E-state index contributed by atoms with van der Waals surface area (Å²) in [6.45, 7) is 0.779. The Morgan fingerprint density at radius 1 is 1.38 bits per heavy atom. The lowest BCUT2D eigenvalue weighted by atomic mass is 10.3. The second-order valence-corrected chi connectivity index (χ2v) is 5.43. The van der Waals surface area contributed by atoms with E-state index in [0.717, 1.165) is 41.5 Å². The van der Waals surface area contributed by atoms with Gasteiger partial charge in [-0.25, -0.2) is 9.97 Å². The van der Waals surface area contributed by atoms with Crippen molar-refractivity contribution < 1.29 is 4.52 Å². The number of rotatable bonds is 5. The first-order valence-corrected chi connectivity index (χ1v) is 7.13. The molecule has 0 aliphatic heterocycles. The van der Waals surface area contributed by atoms with Gasteiger partial charge in [-0.15, -0.1) is 0 Å². The fraction of sp³-hybridized carbons (Fsp3) is 0.429. The molecule has 0 amide bonds. The Labute approximate surface area is 121 Å². The number of aromatic amines is 1. The van der Waals surface area contributed by atoms with Crippen LogP contribution in [0.25, 0.3) is 11.0 Å². The van der Waals surface area contributed by atoms with E-state index in [1.165, 1.54) is 12.8 Å². The first-order chi connectivity index (χ1) is 10.3. The second kappa shape index (κ2) is 4.83. The predicted octanol–water partition coefficient (Wildman–Crippen LogP) is 1.90. The number of H-pyrrole nitrogens is 1. The third-order valence-corrected chi connectivity index (χ3v) is 3.78. The van der Waals surface area contributed by atoms with Crippen LogP contribution in [0.2, 0.25) is 0 Å². The fourth-order valence-electron chi connectivity index (χ4n) is 2.40. The standard InChI is InChI=1S/C14H16N6O/c1-20(13-10-4-6-15-12(10)16-8-17-13)7-5-11-18-14(21-19-11)9-2-3-9/h4,6,8-9H,2-3,5,7H2,1H3,(H,15,16,17). The molecule has 1 aliphatic carbocycles. The number of fused-ring (bicyclic) bond motifs is 1. The molecule has 0 aromatic carbocycles. The lowest BCUT2D eigenvalue weighted by Gasteiger charge is -2.17. The highest BCUT2D eigenvalue weighted by molar-refractivity contribution is 5.87. The molecule has 0 atom stereocenters. The van der Waals surface area contributed by atoms with Crippen LogP contribution in [-0.4, -0.2) is 38.7 Å². The van der Waals surface area contributed by atoms with Crippen LogP contribution in [-0.2, 0) is 6.42 Å². The highest BCUT2D eigenvalue weighted by atomic mass is 16.5. The summed E-state index contributed by atoms with van der Waals surface area (Å²) in [5, 5.41) is 5.06. The molecule has 4 rings (SSSR count). The van der Waals surface area contributed by atoms with Crippen molar-refractivity contribution in [2.24, 2.45) is 0 Å². The van der Waals surface area contributed by atoms with E-state index < -0.39 is 0 Å². The van der Waals surface area contributed by atoms with Crippen LogP contribution >= 0.6 is 0 Å². The van der Waals surface area contributed by atoms with Gasteiger partial charge in [0.15, 0.2) is 5.82 Å². The normalized spacial score (nSPS) is 14.7. The van der Waals surface area contributed by atoms with Gasteiger partial charge in [0.25, 0.3) is 0 Å². The molecule has 1 fully saturated rings. The van der Waals surface area contributed by atoms with Crippen LogP contribution in [0, 0.1) is 0 Å². The van der Waals surface area contributed by atoms with Gasteiger partial charge in [0.05, 0.1) is 5.39 Å². The first-order valence-electron chi connectivity index (χ1n) is 7.13. The number of aromatic nitrogens is 5. The van der Waals surface area contributed by atoms with E-state index in [2.05, 4.69) is 30.0 Å². The number of hydrogen-bond donors (Lipinski definition) is 1. The third-order valence-electron chi connectivity index (χ3n) is 3.78.